The quantitative estimate of drug-likeness (QED) is 0.708. The van der Waals surface area contributed by atoms with Gasteiger partial charge in [-0.15, -0.1) is 0 Å². The van der Waals surface area contributed by atoms with E-state index >= 15 is 0 Å². The Kier molecular flexibility index (Phi) is 5.04. The number of nitrogens with one attached hydrogen (secondary N) is 1. The van der Waals surface area contributed by atoms with Gasteiger partial charge in [0.2, 0.25) is 0 Å². The fraction of sp³-hybridized carbons (Fsp3) is 0.105. The topological polar surface area (TPSA) is 73.2 Å². The second-order valence-corrected chi connectivity index (χ2v) is 5.95. The summed E-state index contributed by atoms with van der Waals surface area (Å²) in [5, 5.41) is 7.59. The number of anilines is 1. The molecule has 0 aliphatic carbocycles. The number of hydrogen-bond donors (Lipinski definition) is 1. The Balaban J connectivity index is 2.09. The second kappa shape index (κ2) is 7.41. The van der Waals surface area contributed by atoms with Gasteiger partial charge in [-0.1, -0.05) is 35.9 Å². The number of methoxy groups -OCH3 is 1. The molecule has 0 radical (unpaired) electrons. The number of benzene rings is 2. The molecule has 26 heavy (non-hydrogen) atoms. The highest BCUT2D eigenvalue weighted by molar-refractivity contribution is 6.31. The van der Waals surface area contributed by atoms with Gasteiger partial charge in [-0.3, -0.25) is 4.79 Å². The van der Waals surface area contributed by atoms with Crippen LogP contribution >= 0.6 is 11.6 Å². The molecule has 0 aliphatic heterocycles. The summed E-state index contributed by atoms with van der Waals surface area (Å²) in [4.78, 5) is 24.9. The van der Waals surface area contributed by atoms with Gasteiger partial charge < -0.3 is 10.1 Å². The summed E-state index contributed by atoms with van der Waals surface area (Å²) in [7, 11) is 1.28. The first-order valence-corrected chi connectivity index (χ1v) is 8.19. The van der Waals surface area contributed by atoms with Gasteiger partial charge in [0.15, 0.2) is 5.82 Å². The number of amides is 1. The van der Waals surface area contributed by atoms with E-state index in [4.69, 9.17) is 16.3 Å². The van der Waals surface area contributed by atoms with Gasteiger partial charge >= 0.3 is 5.97 Å². The standard InChI is InChI=1S/C19H16ClN3O3/c1-12-16(19(25)26-2)17(23(22-12)15-9-4-3-5-10-15)21-18(24)13-7-6-8-14(20)11-13/h3-11H,1-2H3,(H,21,24). The summed E-state index contributed by atoms with van der Waals surface area (Å²) < 4.78 is 6.35. The molecule has 1 N–H and O–H groups in total. The smallest absolute Gasteiger partial charge is 0.343 e. The number of carbonyl (C=O) groups is 2. The number of ether oxygens (including phenoxy) is 1. The van der Waals surface area contributed by atoms with Gasteiger partial charge in [0, 0.05) is 10.6 Å². The number of aryl methyl sites for hydroxylation is 1. The number of hydrogen-bond acceptors (Lipinski definition) is 4. The first-order valence-electron chi connectivity index (χ1n) is 7.81. The highest BCUT2D eigenvalue weighted by Crippen LogP contribution is 2.25. The number of carbonyl (C=O) groups excluding carboxylic acids is 2. The fourth-order valence-corrected chi connectivity index (χ4v) is 2.74. The van der Waals surface area contributed by atoms with Crippen molar-refractivity contribution in [3.63, 3.8) is 0 Å². The Hall–Kier alpha value is -3.12. The fourth-order valence-electron chi connectivity index (χ4n) is 2.55. The van der Waals surface area contributed by atoms with Crippen LogP contribution in [0.4, 0.5) is 5.82 Å². The monoisotopic (exact) mass is 369 g/mol. The molecule has 1 aromatic heterocycles. The molecule has 0 spiro atoms. The van der Waals surface area contributed by atoms with Crippen LogP contribution in [0.2, 0.25) is 5.02 Å². The number of nitrogens with zero attached hydrogens (tertiary/aromatic N) is 2. The van der Waals surface area contributed by atoms with Crippen LogP contribution in [0.5, 0.6) is 0 Å². The maximum absolute atomic E-state index is 12.7. The van der Waals surface area contributed by atoms with Crippen LogP contribution in [0.3, 0.4) is 0 Å². The van der Waals surface area contributed by atoms with Crippen LogP contribution in [-0.4, -0.2) is 28.8 Å². The number of para-hydroxylation sites is 1. The van der Waals surface area contributed by atoms with Crippen LogP contribution in [0.15, 0.2) is 54.6 Å². The van der Waals surface area contributed by atoms with Crippen molar-refractivity contribution in [3.8, 4) is 5.69 Å². The zero-order valence-corrected chi connectivity index (χ0v) is 14.9. The highest BCUT2D eigenvalue weighted by atomic mass is 35.5. The van der Waals surface area contributed by atoms with Crippen LogP contribution in [-0.2, 0) is 4.74 Å². The SMILES string of the molecule is COC(=O)c1c(C)nn(-c2ccccc2)c1NC(=O)c1cccc(Cl)c1. The van der Waals surface area contributed by atoms with E-state index < -0.39 is 11.9 Å². The van der Waals surface area contributed by atoms with Crippen molar-refractivity contribution >= 4 is 29.3 Å². The van der Waals surface area contributed by atoms with Gasteiger partial charge in [-0.2, -0.15) is 5.10 Å². The predicted molar refractivity (Wildman–Crippen MR) is 99.0 cm³/mol. The van der Waals surface area contributed by atoms with Gasteiger partial charge in [0.25, 0.3) is 5.91 Å². The van der Waals surface area contributed by atoms with Crippen LogP contribution in [0, 0.1) is 6.92 Å². The Morgan fingerprint density at radius 2 is 1.85 bits per heavy atom. The number of halogens is 1. The van der Waals surface area contributed by atoms with Crippen molar-refractivity contribution < 1.29 is 14.3 Å². The zero-order chi connectivity index (χ0) is 18.7. The number of aromatic nitrogens is 2. The van der Waals surface area contributed by atoms with Crippen LogP contribution in [0.1, 0.15) is 26.4 Å². The summed E-state index contributed by atoms with van der Waals surface area (Å²) in [6.07, 6.45) is 0. The molecule has 0 saturated carbocycles. The van der Waals surface area contributed by atoms with Crippen molar-refractivity contribution in [2.45, 2.75) is 6.92 Å². The van der Waals surface area contributed by atoms with Crippen molar-refractivity contribution in [3.05, 3.63) is 76.4 Å². The molecule has 0 bridgehead atoms. The van der Waals surface area contributed by atoms with E-state index in [-0.39, 0.29) is 11.4 Å². The van der Waals surface area contributed by atoms with Gasteiger partial charge in [-0.25, -0.2) is 9.48 Å². The van der Waals surface area contributed by atoms with Crippen molar-refractivity contribution in [2.24, 2.45) is 0 Å². The molecule has 1 heterocycles. The van der Waals surface area contributed by atoms with E-state index in [1.165, 1.54) is 11.8 Å². The minimum atomic E-state index is -0.578. The summed E-state index contributed by atoms with van der Waals surface area (Å²) in [6, 6.07) is 15.7. The normalized spacial score (nSPS) is 10.4. The minimum absolute atomic E-state index is 0.201. The van der Waals surface area contributed by atoms with Crippen LogP contribution < -0.4 is 5.32 Å². The molecule has 132 valence electrons. The first-order chi connectivity index (χ1) is 12.5. The third-order valence-corrected chi connectivity index (χ3v) is 4.00. The zero-order valence-electron chi connectivity index (χ0n) is 14.2. The van der Waals surface area contributed by atoms with Crippen molar-refractivity contribution in [2.75, 3.05) is 12.4 Å². The average Bonchev–Trinajstić information content (AvgIpc) is 2.97. The molecule has 7 heteroatoms. The van der Waals surface area contributed by atoms with E-state index in [0.29, 0.717) is 22.0 Å². The molecule has 0 saturated heterocycles. The molecular formula is C19H16ClN3O3. The Bertz CT molecular complexity index is 967. The Morgan fingerprint density at radius 3 is 2.50 bits per heavy atom. The highest BCUT2D eigenvalue weighted by Gasteiger charge is 2.25. The molecule has 0 aliphatic rings. The van der Waals surface area contributed by atoms with Gasteiger partial charge in [0.1, 0.15) is 5.56 Å². The van der Waals surface area contributed by atoms with E-state index in [1.807, 2.05) is 30.3 Å². The molecule has 0 atom stereocenters. The summed E-state index contributed by atoms with van der Waals surface area (Å²) in [6.45, 7) is 1.68. The minimum Gasteiger partial charge on any atom is -0.465 e. The molecule has 3 rings (SSSR count). The molecule has 0 fully saturated rings. The Labute approximate surface area is 155 Å². The van der Waals surface area contributed by atoms with Gasteiger partial charge in [-0.05, 0) is 37.3 Å². The lowest BCUT2D eigenvalue weighted by Gasteiger charge is -2.11. The maximum atomic E-state index is 12.7. The lowest BCUT2D eigenvalue weighted by molar-refractivity contribution is 0.0601. The van der Waals surface area contributed by atoms with E-state index in [0.717, 1.165) is 0 Å². The molecule has 1 amide bonds. The molecule has 3 aromatic rings. The second-order valence-electron chi connectivity index (χ2n) is 5.51. The van der Waals surface area contributed by atoms with E-state index in [9.17, 15) is 9.59 Å². The average molecular weight is 370 g/mol. The molecule has 2 aromatic carbocycles. The lowest BCUT2D eigenvalue weighted by Crippen LogP contribution is -2.18. The van der Waals surface area contributed by atoms with Crippen molar-refractivity contribution in [1.82, 2.24) is 9.78 Å². The molecular weight excluding hydrogens is 354 g/mol. The first kappa shape index (κ1) is 17.7. The number of rotatable bonds is 4. The summed E-state index contributed by atoms with van der Waals surface area (Å²) >= 11 is 5.96. The third kappa shape index (κ3) is 3.45. The van der Waals surface area contributed by atoms with Gasteiger partial charge in [0.05, 0.1) is 18.5 Å². The number of esters is 1. The summed E-state index contributed by atoms with van der Waals surface area (Å²) in [5.74, 6) is -0.744. The maximum Gasteiger partial charge on any atom is 0.343 e. The molecule has 6 nitrogen and oxygen atoms in total. The van der Waals surface area contributed by atoms with E-state index in [1.54, 1.807) is 31.2 Å². The predicted octanol–water partition coefficient (Wildman–Crippen LogP) is 3.87. The molecule has 0 unspecified atom stereocenters. The third-order valence-electron chi connectivity index (χ3n) is 3.77. The van der Waals surface area contributed by atoms with Crippen molar-refractivity contribution in [1.29, 1.82) is 0 Å². The van der Waals surface area contributed by atoms with Crippen LogP contribution in [0.25, 0.3) is 5.69 Å². The largest absolute Gasteiger partial charge is 0.465 e. The summed E-state index contributed by atoms with van der Waals surface area (Å²) in [5.41, 5.74) is 1.72. The Morgan fingerprint density at radius 1 is 1.12 bits per heavy atom. The lowest BCUT2D eigenvalue weighted by atomic mass is 10.2. The van der Waals surface area contributed by atoms with E-state index in [2.05, 4.69) is 10.4 Å².